The number of nitrogens with one attached hydrogen (secondary N) is 2. The van der Waals surface area contributed by atoms with Crippen molar-refractivity contribution in [2.45, 2.75) is 20.0 Å². The molecule has 3 heterocycles. The van der Waals surface area contributed by atoms with Crippen LogP contribution in [0.5, 0.6) is 11.5 Å². The molecule has 0 atom stereocenters. The van der Waals surface area contributed by atoms with Crippen molar-refractivity contribution in [1.82, 2.24) is 24.7 Å². The van der Waals surface area contributed by atoms with Crippen molar-refractivity contribution in [3.8, 4) is 17.2 Å². The van der Waals surface area contributed by atoms with E-state index < -0.39 is 12.1 Å². The summed E-state index contributed by atoms with van der Waals surface area (Å²) in [7, 11) is 3.20. The smallest absolute Gasteiger partial charge is 0.490 e. The zero-order valence-electron chi connectivity index (χ0n) is 20.7. The van der Waals surface area contributed by atoms with Gasteiger partial charge in [-0.3, -0.25) is 4.98 Å². The van der Waals surface area contributed by atoms with E-state index in [1.165, 1.54) is 0 Å². The first-order chi connectivity index (χ1) is 18.0. The minimum Gasteiger partial charge on any atom is -0.493 e. The number of aryl methyl sites for hydroxylation is 1. The topological polar surface area (TPSA) is 136 Å². The normalized spacial score (nSPS) is 10.7. The Morgan fingerprint density at radius 2 is 1.63 bits per heavy atom. The number of aromatic nitrogens is 5. The standard InChI is InChI=1S/C22H23N7O2.C2HF3O2/c1-14-15(2)28-29(17-7-10-23-11-8-17)21(14)26-20-9-12-24-22(27-20)25-16-5-6-18(30-3)19(13-16)31-4;3-2(4,5)1(6)7/h5-13H,1-4H3,(H2,24,25,26,27);(H,6,7). The Morgan fingerprint density at radius 1 is 0.974 bits per heavy atom. The largest absolute Gasteiger partial charge is 0.493 e. The van der Waals surface area contributed by atoms with Crippen LogP contribution in [0.25, 0.3) is 5.69 Å². The van der Waals surface area contributed by atoms with E-state index in [9.17, 15) is 13.2 Å². The lowest BCUT2D eigenvalue weighted by atomic mass is 10.2. The van der Waals surface area contributed by atoms with Crippen LogP contribution in [0.15, 0.2) is 55.0 Å². The lowest BCUT2D eigenvalue weighted by molar-refractivity contribution is -0.192. The van der Waals surface area contributed by atoms with E-state index >= 15 is 0 Å². The zero-order chi connectivity index (χ0) is 27.9. The molecule has 0 saturated carbocycles. The van der Waals surface area contributed by atoms with E-state index in [2.05, 4.69) is 30.7 Å². The van der Waals surface area contributed by atoms with Crippen LogP contribution < -0.4 is 20.1 Å². The van der Waals surface area contributed by atoms with Crippen molar-refractivity contribution in [3.05, 3.63) is 66.2 Å². The maximum atomic E-state index is 10.6. The third kappa shape index (κ3) is 6.87. The molecule has 0 amide bonds. The summed E-state index contributed by atoms with van der Waals surface area (Å²) in [5, 5.41) is 18.3. The third-order valence-electron chi connectivity index (χ3n) is 5.05. The average Bonchev–Trinajstić information content (AvgIpc) is 3.17. The molecule has 11 nitrogen and oxygen atoms in total. The number of benzene rings is 1. The van der Waals surface area contributed by atoms with Gasteiger partial charge in [0.1, 0.15) is 11.6 Å². The average molecular weight is 531 g/mol. The molecular formula is C24H24F3N7O4. The minimum atomic E-state index is -5.08. The van der Waals surface area contributed by atoms with Crippen LogP contribution in [0.2, 0.25) is 0 Å². The third-order valence-corrected chi connectivity index (χ3v) is 5.05. The fraction of sp³-hybridized carbons (Fsp3) is 0.208. The van der Waals surface area contributed by atoms with Crippen LogP contribution in [-0.2, 0) is 4.79 Å². The highest BCUT2D eigenvalue weighted by molar-refractivity contribution is 5.73. The van der Waals surface area contributed by atoms with E-state index in [1.54, 1.807) is 38.9 Å². The van der Waals surface area contributed by atoms with Crippen molar-refractivity contribution in [2.24, 2.45) is 0 Å². The Balaban J connectivity index is 0.000000505. The van der Waals surface area contributed by atoms with E-state index in [4.69, 9.17) is 19.4 Å². The summed E-state index contributed by atoms with van der Waals surface area (Å²) in [6, 6.07) is 11.1. The molecule has 0 radical (unpaired) electrons. The van der Waals surface area contributed by atoms with Gasteiger partial charge in [0.25, 0.3) is 0 Å². The van der Waals surface area contributed by atoms with Gasteiger partial charge in [-0.1, -0.05) is 0 Å². The maximum Gasteiger partial charge on any atom is 0.490 e. The molecule has 1 aromatic carbocycles. The summed E-state index contributed by atoms with van der Waals surface area (Å²) >= 11 is 0. The van der Waals surface area contributed by atoms with E-state index in [0.29, 0.717) is 23.3 Å². The van der Waals surface area contributed by atoms with Crippen molar-refractivity contribution < 1.29 is 32.5 Å². The number of nitrogens with zero attached hydrogens (tertiary/aromatic N) is 5. The predicted molar refractivity (Wildman–Crippen MR) is 133 cm³/mol. The van der Waals surface area contributed by atoms with Gasteiger partial charge in [0.05, 0.1) is 25.6 Å². The van der Waals surface area contributed by atoms with Crippen molar-refractivity contribution >= 4 is 29.2 Å². The molecule has 0 spiro atoms. The number of carboxylic acids is 1. The van der Waals surface area contributed by atoms with Gasteiger partial charge < -0.3 is 25.2 Å². The molecule has 0 saturated heterocycles. The molecule has 4 aromatic rings. The molecule has 0 aliphatic carbocycles. The van der Waals surface area contributed by atoms with Gasteiger partial charge in [0, 0.05) is 35.9 Å². The summed E-state index contributed by atoms with van der Waals surface area (Å²) in [6.45, 7) is 3.99. The highest BCUT2D eigenvalue weighted by Crippen LogP contribution is 2.31. The summed E-state index contributed by atoms with van der Waals surface area (Å²) in [6.07, 6.45) is 0.0797. The first-order valence-corrected chi connectivity index (χ1v) is 10.9. The van der Waals surface area contributed by atoms with Gasteiger partial charge in [0.2, 0.25) is 5.95 Å². The molecule has 38 heavy (non-hydrogen) atoms. The van der Waals surface area contributed by atoms with Gasteiger partial charge in [-0.05, 0) is 44.2 Å². The van der Waals surface area contributed by atoms with Crippen molar-refractivity contribution in [3.63, 3.8) is 0 Å². The van der Waals surface area contributed by atoms with E-state index in [1.807, 2.05) is 48.9 Å². The fourth-order valence-electron chi connectivity index (χ4n) is 3.08. The van der Waals surface area contributed by atoms with Gasteiger partial charge >= 0.3 is 12.1 Å². The molecular weight excluding hydrogens is 507 g/mol. The molecule has 0 fully saturated rings. The van der Waals surface area contributed by atoms with Crippen LogP contribution in [0.4, 0.5) is 36.4 Å². The second-order valence-corrected chi connectivity index (χ2v) is 7.56. The molecule has 3 aromatic heterocycles. The number of carboxylic acid groups (broad SMARTS) is 1. The number of ether oxygens (including phenoxy) is 2. The Hall–Kier alpha value is -4.88. The first-order valence-electron chi connectivity index (χ1n) is 10.9. The van der Waals surface area contributed by atoms with Gasteiger partial charge in [0.15, 0.2) is 11.5 Å². The lowest BCUT2D eigenvalue weighted by Gasteiger charge is -2.12. The molecule has 14 heteroatoms. The Kier molecular flexibility index (Phi) is 8.68. The Morgan fingerprint density at radius 3 is 2.24 bits per heavy atom. The number of hydrogen-bond acceptors (Lipinski definition) is 9. The number of aliphatic carboxylic acids is 1. The van der Waals surface area contributed by atoms with E-state index in [-0.39, 0.29) is 0 Å². The second-order valence-electron chi connectivity index (χ2n) is 7.56. The highest BCUT2D eigenvalue weighted by atomic mass is 19.4. The number of hydrogen-bond donors (Lipinski definition) is 3. The number of carbonyl (C=O) groups is 1. The van der Waals surface area contributed by atoms with Crippen LogP contribution >= 0.6 is 0 Å². The number of alkyl halides is 3. The van der Waals surface area contributed by atoms with Crippen LogP contribution in [0.1, 0.15) is 11.3 Å². The van der Waals surface area contributed by atoms with Crippen LogP contribution in [-0.4, -0.2) is 56.2 Å². The van der Waals surface area contributed by atoms with Crippen LogP contribution in [0, 0.1) is 13.8 Å². The summed E-state index contributed by atoms with van der Waals surface area (Å²) in [5.74, 6) is 0.429. The summed E-state index contributed by atoms with van der Waals surface area (Å²) < 4.78 is 44.2. The van der Waals surface area contributed by atoms with Gasteiger partial charge in [-0.2, -0.15) is 23.3 Å². The monoisotopic (exact) mass is 531 g/mol. The number of halogens is 3. The number of pyridine rings is 1. The SMILES string of the molecule is COc1ccc(Nc2nccc(Nc3c(C)c(C)nn3-c3ccncc3)n2)cc1OC.O=C(O)C(F)(F)F. The quantitative estimate of drug-likeness (QED) is 0.305. The summed E-state index contributed by atoms with van der Waals surface area (Å²) in [4.78, 5) is 21.9. The molecule has 200 valence electrons. The second kappa shape index (κ2) is 11.9. The lowest BCUT2D eigenvalue weighted by Crippen LogP contribution is -2.21. The van der Waals surface area contributed by atoms with Crippen molar-refractivity contribution in [2.75, 3.05) is 24.9 Å². The molecule has 3 N–H and O–H groups in total. The fourth-order valence-corrected chi connectivity index (χ4v) is 3.08. The molecule has 0 aliphatic rings. The number of anilines is 4. The van der Waals surface area contributed by atoms with Gasteiger partial charge in [-0.25, -0.2) is 14.5 Å². The number of methoxy groups -OCH3 is 2. The first kappa shape index (κ1) is 27.7. The number of rotatable bonds is 7. The molecule has 0 unspecified atom stereocenters. The highest BCUT2D eigenvalue weighted by Gasteiger charge is 2.38. The molecule has 4 rings (SSSR count). The van der Waals surface area contributed by atoms with Crippen LogP contribution in [0.3, 0.4) is 0 Å². The maximum absolute atomic E-state index is 10.6. The Bertz CT molecular complexity index is 1400. The van der Waals surface area contributed by atoms with Gasteiger partial charge in [-0.15, -0.1) is 0 Å². The predicted octanol–water partition coefficient (Wildman–Crippen LogP) is 4.81. The Labute approximate surface area is 215 Å². The minimum absolute atomic E-state index is 0.446. The van der Waals surface area contributed by atoms with E-state index in [0.717, 1.165) is 28.5 Å². The molecule has 0 bridgehead atoms. The molecule has 0 aliphatic heterocycles. The summed E-state index contributed by atoms with van der Waals surface area (Å²) in [5.41, 5.74) is 3.65. The van der Waals surface area contributed by atoms with Crippen molar-refractivity contribution in [1.29, 1.82) is 0 Å². The zero-order valence-corrected chi connectivity index (χ0v) is 20.7.